The maximum atomic E-state index is 12.1. The van der Waals surface area contributed by atoms with Gasteiger partial charge in [-0.25, -0.2) is 4.98 Å². The van der Waals surface area contributed by atoms with E-state index < -0.39 is 0 Å². The molecule has 1 amide bonds. The van der Waals surface area contributed by atoms with Crippen molar-refractivity contribution in [1.82, 2.24) is 20.5 Å². The van der Waals surface area contributed by atoms with Crippen molar-refractivity contribution in [3.63, 3.8) is 0 Å². The highest BCUT2D eigenvalue weighted by Crippen LogP contribution is 2.10. The van der Waals surface area contributed by atoms with Gasteiger partial charge in [0.1, 0.15) is 5.82 Å². The fraction of sp³-hybridized carbons (Fsp3) is 0.357. The van der Waals surface area contributed by atoms with Crippen LogP contribution in [0.3, 0.4) is 0 Å². The first kappa shape index (κ1) is 14.0. The first-order chi connectivity index (χ1) is 9.60. The lowest BCUT2D eigenvalue weighted by atomic mass is 10.1. The Morgan fingerprint density at radius 2 is 2.25 bits per heavy atom. The summed E-state index contributed by atoms with van der Waals surface area (Å²) in [4.78, 5) is 16.3. The topological polar surface area (TPSA) is 96.7 Å². The van der Waals surface area contributed by atoms with Gasteiger partial charge in [0.2, 0.25) is 0 Å². The van der Waals surface area contributed by atoms with Crippen LogP contribution in [0, 0.1) is 6.92 Å². The van der Waals surface area contributed by atoms with Gasteiger partial charge in [-0.1, -0.05) is 13.3 Å². The van der Waals surface area contributed by atoms with Gasteiger partial charge < -0.3 is 11.1 Å². The summed E-state index contributed by atoms with van der Waals surface area (Å²) >= 11 is 0. The molecule has 6 heteroatoms. The minimum absolute atomic E-state index is 0.156. The van der Waals surface area contributed by atoms with E-state index in [1.807, 2.05) is 6.92 Å². The lowest BCUT2D eigenvalue weighted by Gasteiger charge is -2.07. The molecule has 4 N–H and O–H groups in total. The molecule has 0 unspecified atom stereocenters. The molecule has 2 rings (SSSR count). The molecule has 6 nitrogen and oxygen atoms in total. The molecule has 0 atom stereocenters. The van der Waals surface area contributed by atoms with Crippen molar-refractivity contribution >= 4 is 11.7 Å². The van der Waals surface area contributed by atoms with E-state index in [2.05, 4.69) is 27.4 Å². The van der Waals surface area contributed by atoms with E-state index in [9.17, 15) is 4.79 Å². The van der Waals surface area contributed by atoms with Gasteiger partial charge in [0.05, 0.1) is 6.20 Å². The maximum Gasteiger partial charge on any atom is 0.251 e. The Morgan fingerprint density at radius 1 is 1.45 bits per heavy atom. The van der Waals surface area contributed by atoms with Crippen molar-refractivity contribution in [1.29, 1.82) is 0 Å². The van der Waals surface area contributed by atoms with Crippen LogP contribution in [0.2, 0.25) is 0 Å². The number of nitrogens with two attached hydrogens (primary N) is 1. The number of aromatic nitrogens is 3. The van der Waals surface area contributed by atoms with Gasteiger partial charge in [0.15, 0.2) is 0 Å². The number of nitrogens with zero attached hydrogens (tertiary/aromatic N) is 2. The fourth-order valence-corrected chi connectivity index (χ4v) is 1.96. The van der Waals surface area contributed by atoms with Crippen LogP contribution in [0.15, 0.2) is 18.3 Å². The molecular formula is C14H19N5O. The molecule has 0 aliphatic heterocycles. The van der Waals surface area contributed by atoms with Gasteiger partial charge in [0, 0.05) is 29.1 Å². The van der Waals surface area contributed by atoms with E-state index in [0.29, 0.717) is 17.9 Å². The number of aromatic amines is 1. The van der Waals surface area contributed by atoms with Crippen molar-refractivity contribution in [3.8, 4) is 0 Å². The lowest BCUT2D eigenvalue weighted by molar-refractivity contribution is 0.0950. The monoisotopic (exact) mass is 273 g/mol. The lowest BCUT2D eigenvalue weighted by Crippen LogP contribution is -2.23. The van der Waals surface area contributed by atoms with Gasteiger partial charge in [0.25, 0.3) is 5.91 Å². The Morgan fingerprint density at radius 3 is 2.90 bits per heavy atom. The third-order valence-electron chi connectivity index (χ3n) is 3.04. The van der Waals surface area contributed by atoms with E-state index >= 15 is 0 Å². The summed E-state index contributed by atoms with van der Waals surface area (Å²) in [7, 11) is 0. The molecule has 0 saturated carbocycles. The Kier molecular flexibility index (Phi) is 4.34. The van der Waals surface area contributed by atoms with Crippen LogP contribution in [-0.4, -0.2) is 21.1 Å². The molecule has 0 spiro atoms. The highest BCUT2D eigenvalue weighted by molar-refractivity contribution is 5.94. The van der Waals surface area contributed by atoms with Crippen LogP contribution in [0.4, 0.5) is 5.82 Å². The SMILES string of the molecule is CCCc1cc(C(=O)NCc2cn[nH]c2C)cc(N)n1. The second kappa shape index (κ2) is 6.18. The zero-order chi connectivity index (χ0) is 14.5. The van der Waals surface area contributed by atoms with Crippen LogP contribution in [-0.2, 0) is 13.0 Å². The number of H-pyrrole nitrogens is 1. The summed E-state index contributed by atoms with van der Waals surface area (Å²) in [5.41, 5.74) is 9.04. The average molecular weight is 273 g/mol. The summed E-state index contributed by atoms with van der Waals surface area (Å²) in [6.07, 6.45) is 3.48. The number of carbonyl (C=O) groups excluding carboxylic acids is 1. The average Bonchev–Trinajstić information content (AvgIpc) is 2.81. The van der Waals surface area contributed by atoms with Crippen molar-refractivity contribution in [2.75, 3.05) is 5.73 Å². The first-order valence-electron chi connectivity index (χ1n) is 6.63. The minimum Gasteiger partial charge on any atom is -0.384 e. The predicted octanol–water partition coefficient (Wildman–Crippen LogP) is 1.58. The molecule has 2 aromatic rings. The van der Waals surface area contributed by atoms with E-state index in [1.165, 1.54) is 0 Å². The van der Waals surface area contributed by atoms with E-state index in [1.54, 1.807) is 18.3 Å². The van der Waals surface area contributed by atoms with Crippen LogP contribution >= 0.6 is 0 Å². The highest BCUT2D eigenvalue weighted by atomic mass is 16.1. The third-order valence-corrected chi connectivity index (χ3v) is 3.04. The molecule has 0 radical (unpaired) electrons. The molecule has 2 aromatic heterocycles. The highest BCUT2D eigenvalue weighted by Gasteiger charge is 2.09. The van der Waals surface area contributed by atoms with Crippen LogP contribution in [0.1, 0.15) is 40.7 Å². The molecule has 0 aliphatic rings. The molecule has 0 bridgehead atoms. The number of pyridine rings is 1. The molecule has 0 aromatic carbocycles. The number of nitrogens with one attached hydrogen (secondary N) is 2. The molecule has 106 valence electrons. The number of hydrogen-bond acceptors (Lipinski definition) is 4. The number of aryl methyl sites for hydroxylation is 2. The quantitative estimate of drug-likeness (QED) is 0.770. The number of hydrogen-bond donors (Lipinski definition) is 3. The molecular weight excluding hydrogens is 254 g/mol. The molecule has 0 fully saturated rings. The Bertz CT molecular complexity index is 605. The van der Waals surface area contributed by atoms with E-state index in [0.717, 1.165) is 29.8 Å². The zero-order valence-corrected chi connectivity index (χ0v) is 11.7. The molecule has 2 heterocycles. The normalized spacial score (nSPS) is 10.5. The van der Waals surface area contributed by atoms with Crippen molar-refractivity contribution < 1.29 is 4.79 Å². The second-order valence-electron chi connectivity index (χ2n) is 4.72. The number of anilines is 1. The fourth-order valence-electron chi connectivity index (χ4n) is 1.96. The van der Waals surface area contributed by atoms with E-state index in [4.69, 9.17) is 5.73 Å². The standard InChI is InChI=1S/C14H19N5O/c1-3-4-12-5-10(6-13(15)18-12)14(20)16-7-11-8-17-19-9(11)2/h5-6,8H,3-4,7H2,1-2H3,(H2,15,18)(H,16,20)(H,17,19). The van der Waals surface area contributed by atoms with E-state index in [-0.39, 0.29) is 5.91 Å². The number of carbonyl (C=O) groups is 1. The summed E-state index contributed by atoms with van der Waals surface area (Å²) in [5.74, 6) is 0.220. The first-order valence-corrected chi connectivity index (χ1v) is 6.63. The third kappa shape index (κ3) is 3.34. The van der Waals surface area contributed by atoms with Crippen LogP contribution in [0.25, 0.3) is 0 Å². The van der Waals surface area contributed by atoms with Crippen LogP contribution < -0.4 is 11.1 Å². The number of nitrogen functional groups attached to an aromatic ring is 1. The summed E-state index contributed by atoms with van der Waals surface area (Å²) in [5, 5.41) is 9.61. The predicted molar refractivity (Wildman–Crippen MR) is 77.1 cm³/mol. The van der Waals surface area contributed by atoms with Crippen molar-refractivity contribution in [3.05, 3.63) is 40.8 Å². The van der Waals surface area contributed by atoms with Gasteiger partial charge in [-0.2, -0.15) is 5.10 Å². The largest absolute Gasteiger partial charge is 0.384 e. The Hall–Kier alpha value is -2.37. The van der Waals surface area contributed by atoms with Crippen molar-refractivity contribution in [2.24, 2.45) is 0 Å². The summed E-state index contributed by atoms with van der Waals surface area (Å²) in [6.45, 7) is 4.41. The Labute approximate surface area is 117 Å². The number of amides is 1. The molecule has 0 saturated heterocycles. The molecule has 0 aliphatic carbocycles. The van der Waals surface area contributed by atoms with Gasteiger partial charge >= 0.3 is 0 Å². The van der Waals surface area contributed by atoms with Crippen LogP contribution in [0.5, 0.6) is 0 Å². The van der Waals surface area contributed by atoms with Gasteiger partial charge in [-0.3, -0.25) is 9.89 Å². The zero-order valence-electron chi connectivity index (χ0n) is 11.7. The van der Waals surface area contributed by atoms with Gasteiger partial charge in [-0.05, 0) is 25.5 Å². The van der Waals surface area contributed by atoms with Gasteiger partial charge in [-0.15, -0.1) is 0 Å². The number of rotatable bonds is 5. The maximum absolute atomic E-state index is 12.1. The smallest absolute Gasteiger partial charge is 0.251 e. The minimum atomic E-state index is -0.156. The molecule has 20 heavy (non-hydrogen) atoms. The summed E-state index contributed by atoms with van der Waals surface area (Å²) in [6, 6.07) is 3.38. The van der Waals surface area contributed by atoms with Crippen molar-refractivity contribution in [2.45, 2.75) is 33.2 Å². The Balaban J connectivity index is 2.07. The summed E-state index contributed by atoms with van der Waals surface area (Å²) < 4.78 is 0. The second-order valence-corrected chi connectivity index (χ2v) is 4.72.